The largest absolute Gasteiger partial charge is 0.468 e. The number of hydrogen-bond acceptors (Lipinski definition) is 9. The Labute approximate surface area is 136 Å². The van der Waals surface area contributed by atoms with E-state index < -0.39 is 21.5 Å². The first-order valence-electron chi connectivity index (χ1n) is 7.04. The number of benzene rings is 1. The summed E-state index contributed by atoms with van der Waals surface area (Å²) in [4.78, 5) is 34.0. The molecule has 0 aromatic heterocycles. The minimum Gasteiger partial charge on any atom is -0.468 e. The molecule has 1 aliphatic rings. The van der Waals surface area contributed by atoms with Crippen molar-refractivity contribution < 1.29 is 24.1 Å². The second kappa shape index (κ2) is 7.55. The van der Waals surface area contributed by atoms with Gasteiger partial charge in [0.15, 0.2) is 0 Å². The predicted molar refractivity (Wildman–Crippen MR) is 83.3 cm³/mol. The first-order chi connectivity index (χ1) is 11.4. The van der Waals surface area contributed by atoms with Crippen LogP contribution in [0.5, 0.6) is 0 Å². The van der Waals surface area contributed by atoms with Gasteiger partial charge in [-0.25, -0.2) is 0 Å². The van der Waals surface area contributed by atoms with Crippen LogP contribution in [0, 0.1) is 20.2 Å². The van der Waals surface area contributed by atoms with Crippen LogP contribution in [0.4, 0.5) is 22.7 Å². The molecule has 0 atom stereocenters. The van der Waals surface area contributed by atoms with Crippen LogP contribution in [0.1, 0.15) is 0 Å². The molecule has 0 unspecified atom stereocenters. The Hall–Kier alpha value is -2.95. The quantitative estimate of drug-likeness (QED) is 0.455. The molecule has 24 heavy (non-hydrogen) atoms. The van der Waals surface area contributed by atoms with Crippen LogP contribution in [0.2, 0.25) is 0 Å². The van der Waals surface area contributed by atoms with E-state index in [9.17, 15) is 25.0 Å². The fourth-order valence-electron chi connectivity index (χ4n) is 2.30. The van der Waals surface area contributed by atoms with E-state index in [0.717, 1.165) is 6.07 Å². The van der Waals surface area contributed by atoms with E-state index in [0.29, 0.717) is 26.3 Å². The number of carbonyl (C=O) groups excluding carboxylic acids is 1. The molecule has 11 nitrogen and oxygen atoms in total. The van der Waals surface area contributed by atoms with Crippen molar-refractivity contribution in [2.75, 3.05) is 50.2 Å². The third-order valence-electron chi connectivity index (χ3n) is 3.49. The Morgan fingerprint density at radius 1 is 1.25 bits per heavy atom. The highest BCUT2D eigenvalue weighted by Crippen LogP contribution is 2.38. The Balaban J connectivity index is 2.45. The summed E-state index contributed by atoms with van der Waals surface area (Å²) >= 11 is 0. The SMILES string of the molecule is COC(=O)CNc1cc(N2CCOCC2)c([N+](=O)[O-])cc1[N+](=O)[O-]. The van der Waals surface area contributed by atoms with Crippen molar-refractivity contribution in [3.63, 3.8) is 0 Å². The zero-order chi connectivity index (χ0) is 17.7. The number of esters is 1. The lowest BCUT2D eigenvalue weighted by atomic mass is 10.1. The lowest BCUT2D eigenvalue weighted by Crippen LogP contribution is -2.36. The number of anilines is 2. The maximum atomic E-state index is 11.3. The van der Waals surface area contributed by atoms with Crippen molar-refractivity contribution in [3.8, 4) is 0 Å². The smallest absolute Gasteiger partial charge is 0.325 e. The number of nitro benzene ring substituents is 2. The average molecular weight is 340 g/mol. The molecule has 0 aliphatic carbocycles. The van der Waals surface area contributed by atoms with Gasteiger partial charge in [0.05, 0.1) is 36.2 Å². The zero-order valence-electron chi connectivity index (χ0n) is 12.9. The molecule has 1 saturated heterocycles. The van der Waals surface area contributed by atoms with Crippen molar-refractivity contribution in [2.45, 2.75) is 0 Å². The van der Waals surface area contributed by atoms with E-state index in [2.05, 4.69) is 10.1 Å². The molecule has 0 radical (unpaired) electrons. The summed E-state index contributed by atoms with van der Waals surface area (Å²) in [5.41, 5.74) is -0.603. The van der Waals surface area contributed by atoms with Crippen LogP contribution in [-0.2, 0) is 14.3 Å². The van der Waals surface area contributed by atoms with Gasteiger partial charge in [0.25, 0.3) is 11.4 Å². The van der Waals surface area contributed by atoms with Crippen LogP contribution in [0.3, 0.4) is 0 Å². The molecule has 11 heteroatoms. The van der Waals surface area contributed by atoms with E-state index in [1.165, 1.54) is 13.2 Å². The number of carbonyl (C=O) groups is 1. The highest BCUT2D eigenvalue weighted by Gasteiger charge is 2.28. The topological polar surface area (TPSA) is 137 Å². The number of hydrogen-bond donors (Lipinski definition) is 1. The van der Waals surface area contributed by atoms with Gasteiger partial charge in [-0.15, -0.1) is 0 Å². The minimum absolute atomic E-state index is 0.0116. The summed E-state index contributed by atoms with van der Waals surface area (Å²) < 4.78 is 9.69. The van der Waals surface area contributed by atoms with Gasteiger partial charge in [-0.05, 0) is 6.07 Å². The summed E-state index contributed by atoms with van der Waals surface area (Å²) in [5, 5.41) is 25.1. The zero-order valence-corrected chi connectivity index (χ0v) is 12.9. The predicted octanol–water partition coefficient (Wildman–Crippen LogP) is 0.924. The van der Waals surface area contributed by atoms with Crippen LogP contribution in [0.25, 0.3) is 0 Å². The van der Waals surface area contributed by atoms with Gasteiger partial charge in [0, 0.05) is 13.1 Å². The Bertz CT molecular complexity index is 658. The molecular weight excluding hydrogens is 324 g/mol. The standard InChI is InChI=1S/C13H16N4O7/c1-23-13(18)8-14-9-6-11(15-2-4-24-5-3-15)12(17(21)22)7-10(9)16(19)20/h6-7,14H,2-5,8H2,1H3. The number of rotatable bonds is 6. The monoisotopic (exact) mass is 340 g/mol. The number of morpholine rings is 1. The number of nitrogens with one attached hydrogen (secondary N) is 1. The van der Waals surface area contributed by atoms with Crippen molar-refractivity contribution in [2.24, 2.45) is 0 Å². The van der Waals surface area contributed by atoms with Gasteiger partial charge in [-0.1, -0.05) is 0 Å². The minimum atomic E-state index is -0.740. The van der Waals surface area contributed by atoms with Crippen molar-refractivity contribution in [3.05, 3.63) is 32.4 Å². The first-order valence-corrected chi connectivity index (χ1v) is 7.04. The third kappa shape index (κ3) is 3.87. The van der Waals surface area contributed by atoms with Crippen molar-refractivity contribution in [1.82, 2.24) is 0 Å². The summed E-state index contributed by atoms with van der Waals surface area (Å²) in [7, 11) is 1.19. The molecule has 130 valence electrons. The number of nitro groups is 2. The summed E-state index contributed by atoms with van der Waals surface area (Å²) in [6.07, 6.45) is 0. The molecule has 0 bridgehead atoms. The second-order valence-corrected chi connectivity index (χ2v) is 4.90. The molecule has 1 aromatic rings. The first kappa shape index (κ1) is 17.4. The highest BCUT2D eigenvalue weighted by molar-refractivity contribution is 5.81. The Kier molecular flexibility index (Phi) is 5.47. The van der Waals surface area contributed by atoms with E-state index in [1.807, 2.05) is 0 Å². The van der Waals surface area contributed by atoms with Crippen LogP contribution < -0.4 is 10.2 Å². The molecule has 1 aliphatic heterocycles. The lowest BCUT2D eigenvalue weighted by Gasteiger charge is -2.28. The van der Waals surface area contributed by atoms with Crippen LogP contribution >= 0.6 is 0 Å². The van der Waals surface area contributed by atoms with Gasteiger partial charge in [0.2, 0.25) is 0 Å². The molecular formula is C13H16N4O7. The summed E-state index contributed by atoms with van der Waals surface area (Å²) in [6, 6.07) is 2.20. The maximum absolute atomic E-state index is 11.3. The molecule has 0 amide bonds. The number of nitrogens with zero attached hydrogens (tertiary/aromatic N) is 3. The number of methoxy groups -OCH3 is 1. The molecule has 0 saturated carbocycles. The van der Waals surface area contributed by atoms with Crippen LogP contribution in [-0.4, -0.2) is 55.8 Å². The molecule has 2 rings (SSSR count). The Morgan fingerprint density at radius 3 is 2.42 bits per heavy atom. The lowest BCUT2D eigenvalue weighted by molar-refractivity contribution is -0.393. The van der Waals surface area contributed by atoms with Gasteiger partial charge >= 0.3 is 5.97 Å². The van der Waals surface area contributed by atoms with Crippen LogP contribution in [0.15, 0.2) is 12.1 Å². The molecule has 1 N–H and O–H groups in total. The molecule has 0 spiro atoms. The Morgan fingerprint density at radius 2 is 1.88 bits per heavy atom. The molecule has 1 aromatic carbocycles. The third-order valence-corrected chi connectivity index (χ3v) is 3.49. The van der Waals surface area contributed by atoms with E-state index in [4.69, 9.17) is 4.74 Å². The van der Waals surface area contributed by atoms with Gasteiger partial charge in [-0.3, -0.25) is 25.0 Å². The summed E-state index contributed by atoms with van der Waals surface area (Å²) in [5.74, 6) is -0.615. The van der Waals surface area contributed by atoms with Gasteiger partial charge in [0.1, 0.15) is 17.9 Å². The maximum Gasteiger partial charge on any atom is 0.325 e. The average Bonchev–Trinajstić information content (AvgIpc) is 2.59. The van der Waals surface area contributed by atoms with Crippen molar-refractivity contribution in [1.29, 1.82) is 0 Å². The van der Waals surface area contributed by atoms with Crippen molar-refractivity contribution >= 4 is 28.7 Å². The van der Waals surface area contributed by atoms with Gasteiger partial charge in [-0.2, -0.15) is 0 Å². The van der Waals surface area contributed by atoms with E-state index in [1.54, 1.807) is 4.90 Å². The van der Waals surface area contributed by atoms with E-state index in [-0.39, 0.29) is 23.6 Å². The fraction of sp³-hybridized carbons (Fsp3) is 0.462. The molecule has 1 heterocycles. The fourth-order valence-corrected chi connectivity index (χ4v) is 2.30. The van der Waals surface area contributed by atoms with E-state index >= 15 is 0 Å². The van der Waals surface area contributed by atoms with Gasteiger partial charge < -0.3 is 19.7 Å². The normalized spacial score (nSPS) is 14.1. The summed E-state index contributed by atoms with van der Waals surface area (Å²) in [6.45, 7) is 1.36. The molecule has 1 fully saturated rings. The second-order valence-electron chi connectivity index (χ2n) is 4.90. The highest BCUT2D eigenvalue weighted by atomic mass is 16.6. The number of ether oxygens (including phenoxy) is 2.